The summed E-state index contributed by atoms with van der Waals surface area (Å²) in [6, 6.07) is 19.4. The Morgan fingerprint density at radius 2 is 1.57 bits per heavy atom. The van der Waals surface area contributed by atoms with Crippen molar-refractivity contribution in [2.45, 2.75) is 57.6 Å². The molecule has 0 bridgehead atoms. The molecular formula is C38H35Cl2F2N3O4. The summed E-state index contributed by atoms with van der Waals surface area (Å²) >= 11 is 5.94. The minimum absolute atomic E-state index is 0. The van der Waals surface area contributed by atoms with Crippen LogP contribution in [-0.2, 0) is 6.61 Å². The first kappa shape index (κ1) is 34.4. The highest BCUT2D eigenvalue weighted by atomic mass is 35.5. The van der Waals surface area contributed by atoms with Gasteiger partial charge in [-0.25, -0.2) is 18.6 Å². The topological polar surface area (TPSA) is 84.7 Å². The SMILES string of the molecule is Cl.O=C(O)c1ccc2c(c1)nc(-c1ccc(OCc3cc(C(=O)N4CCCC4)ccc3-c3ccc(Cl)c(F)c3)cc1F)n2C1CCCCC1. The molecule has 5 aromatic rings. The third-order valence-corrected chi connectivity index (χ3v) is 9.73. The van der Waals surface area contributed by atoms with Gasteiger partial charge in [-0.1, -0.05) is 43.0 Å². The van der Waals surface area contributed by atoms with E-state index in [0.29, 0.717) is 46.7 Å². The van der Waals surface area contributed by atoms with Crippen LogP contribution >= 0.6 is 24.0 Å². The fraction of sp³-hybridized carbons (Fsp3) is 0.289. The molecule has 2 fully saturated rings. The van der Waals surface area contributed by atoms with Gasteiger partial charge in [-0.3, -0.25) is 4.79 Å². The molecule has 1 saturated heterocycles. The summed E-state index contributed by atoms with van der Waals surface area (Å²) in [5.41, 5.74) is 4.07. The molecule has 1 amide bonds. The minimum atomic E-state index is -1.05. The molecule has 4 aromatic carbocycles. The van der Waals surface area contributed by atoms with Crippen LogP contribution < -0.4 is 4.74 Å². The van der Waals surface area contributed by atoms with Gasteiger partial charge in [0, 0.05) is 30.8 Å². The van der Waals surface area contributed by atoms with Gasteiger partial charge in [0.2, 0.25) is 0 Å². The monoisotopic (exact) mass is 705 g/mol. The van der Waals surface area contributed by atoms with E-state index in [1.807, 2.05) is 4.90 Å². The molecule has 0 radical (unpaired) electrons. The molecule has 0 atom stereocenters. The van der Waals surface area contributed by atoms with E-state index in [1.165, 1.54) is 24.3 Å². The number of carbonyl (C=O) groups excluding carboxylic acids is 1. The normalized spacial score (nSPS) is 15.0. The molecule has 0 spiro atoms. The Morgan fingerprint density at radius 1 is 0.837 bits per heavy atom. The van der Waals surface area contributed by atoms with E-state index in [-0.39, 0.29) is 52.9 Å². The van der Waals surface area contributed by atoms with Crippen LogP contribution in [0.4, 0.5) is 8.78 Å². The number of carboxylic acids is 1. The molecule has 1 saturated carbocycles. The van der Waals surface area contributed by atoms with Crippen molar-refractivity contribution in [1.82, 2.24) is 14.5 Å². The average molecular weight is 707 g/mol. The first-order valence-corrected chi connectivity index (χ1v) is 16.7. The maximum Gasteiger partial charge on any atom is 0.335 e. The Labute approximate surface area is 293 Å². The summed E-state index contributed by atoms with van der Waals surface area (Å²) in [5.74, 6) is -1.49. The summed E-state index contributed by atoms with van der Waals surface area (Å²) < 4.78 is 38.6. The number of fused-ring (bicyclic) bond motifs is 1. The van der Waals surface area contributed by atoms with Crippen molar-refractivity contribution in [3.63, 3.8) is 0 Å². The van der Waals surface area contributed by atoms with Crippen LogP contribution in [0, 0.1) is 11.6 Å². The molecule has 1 aliphatic heterocycles. The number of ether oxygens (including phenoxy) is 1. The summed E-state index contributed by atoms with van der Waals surface area (Å²) in [7, 11) is 0. The average Bonchev–Trinajstić information content (AvgIpc) is 3.77. The van der Waals surface area contributed by atoms with Crippen LogP contribution in [0.2, 0.25) is 5.02 Å². The largest absolute Gasteiger partial charge is 0.489 e. The Balaban J connectivity index is 0.00000417. The van der Waals surface area contributed by atoms with Crippen molar-refractivity contribution in [3.8, 4) is 28.3 Å². The number of hydrogen-bond donors (Lipinski definition) is 1. The van der Waals surface area contributed by atoms with Crippen molar-refractivity contribution in [2.75, 3.05) is 13.1 Å². The van der Waals surface area contributed by atoms with Gasteiger partial charge < -0.3 is 19.3 Å². The molecule has 11 heteroatoms. The lowest BCUT2D eigenvalue weighted by Gasteiger charge is -2.25. The Bertz CT molecular complexity index is 2040. The molecule has 1 aromatic heterocycles. The number of carboxylic acid groups (broad SMARTS) is 1. The number of imidazole rings is 1. The van der Waals surface area contributed by atoms with Gasteiger partial charge in [-0.15, -0.1) is 12.4 Å². The van der Waals surface area contributed by atoms with Crippen LogP contribution in [0.15, 0.2) is 72.8 Å². The zero-order valence-corrected chi connectivity index (χ0v) is 28.2. The highest BCUT2D eigenvalue weighted by Gasteiger charge is 2.25. The van der Waals surface area contributed by atoms with E-state index >= 15 is 4.39 Å². The third kappa shape index (κ3) is 7.00. The van der Waals surface area contributed by atoms with E-state index in [1.54, 1.807) is 48.5 Å². The number of nitrogens with zero attached hydrogens (tertiary/aromatic N) is 3. The minimum Gasteiger partial charge on any atom is -0.489 e. The van der Waals surface area contributed by atoms with Gasteiger partial charge in [0.1, 0.15) is 29.8 Å². The van der Waals surface area contributed by atoms with E-state index in [0.717, 1.165) is 50.5 Å². The first-order chi connectivity index (χ1) is 23.3. The zero-order valence-electron chi connectivity index (χ0n) is 26.6. The highest BCUT2D eigenvalue weighted by molar-refractivity contribution is 6.30. The number of halogens is 4. The molecule has 2 aliphatic rings. The molecule has 2 heterocycles. The van der Waals surface area contributed by atoms with E-state index in [2.05, 4.69) is 4.57 Å². The fourth-order valence-electron chi connectivity index (χ4n) is 6.95. The van der Waals surface area contributed by atoms with Crippen molar-refractivity contribution >= 4 is 46.9 Å². The molecule has 0 unspecified atom stereocenters. The van der Waals surface area contributed by atoms with Crippen LogP contribution in [0.25, 0.3) is 33.5 Å². The molecule has 49 heavy (non-hydrogen) atoms. The fourth-order valence-corrected chi connectivity index (χ4v) is 7.07. The quantitative estimate of drug-likeness (QED) is 0.174. The predicted octanol–water partition coefficient (Wildman–Crippen LogP) is 9.74. The van der Waals surface area contributed by atoms with Gasteiger partial charge in [0.15, 0.2) is 0 Å². The van der Waals surface area contributed by atoms with E-state index in [4.69, 9.17) is 21.3 Å². The number of hydrogen-bond acceptors (Lipinski definition) is 4. The number of carbonyl (C=O) groups is 2. The van der Waals surface area contributed by atoms with Gasteiger partial charge in [0.25, 0.3) is 5.91 Å². The standard InChI is InChI=1S/C38H34ClF2N3O4.ClH/c39-31-14-9-23(19-33(31)41)29-12-8-24(37(45)43-16-4-5-17-43)18-26(29)22-48-28-11-13-30(32(40)21-28)36-42-34-20-25(38(46)47)10-15-35(34)44(36)27-6-2-1-3-7-27;/h8-15,18-21,27H,1-7,16-17,22H2,(H,46,47);1H. The van der Waals surface area contributed by atoms with Gasteiger partial charge in [-0.2, -0.15) is 0 Å². The van der Waals surface area contributed by atoms with Crippen LogP contribution in [0.5, 0.6) is 5.75 Å². The summed E-state index contributed by atoms with van der Waals surface area (Å²) in [5, 5.41) is 9.55. The molecular weight excluding hydrogens is 671 g/mol. The lowest BCUT2D eigenvalue weighted by molar-refractivity contribution is 0.0696. The van der Waals surface area contributed by atoms with Crippen molar-refractivity contribution in [2.24, 2.45) is 0 Å². The second-order valence-corrected chi connectivity index (χ2v) is 12.9. The number of rotatable bonds is 8. The second kappa shape index (κ2) is 14.6. The Hall–Kier alpha value is -4.47. The van der Waals surface area contributed by atoms with Crippen molar-refractivity contribution < 1.29 is 28.2 Å². The Morgan fingerprint density at radius 3 is 2.29 bits per heavy atom. The number of likely N-dealkylation sites (tertiary alicyclic amines) is 1. The summed E-state index contributed by atoms with van der Waals surface area (Å²) in [6.45, 7) is 1.41. The van der Waals surface area contributed by atoms with Crippen LogP contribution in [-0.4, -0.2) is 44.5 Å². The second-order valence-electron chi connectivity index (χ2n) is 12.5. The molecule has 1 aliphatic carbocycles. The number of aromatic nitrogens is 2. The number of benzene rings is 4. The molecule has 7 rings (SSSR count). The van der Waals surface area contributed by atoms with Gasteiger partial charge >= 0.3 is 5.97 Å². The van der Waals surface area contributed by atoms with Crippen molar-refractivity contribution in [1.29, 1.82) is 0 Å². The maximum absolute atomic E-state index is 16.0. The Kier molecular flexibility index (Phi) is 10.2. The lowest BCUT2D eigenvalue weighted by Crippen LogP contribution is -2.27. The maximum atomic E-state index is 16.0. The van der Waals surface area contributed by atoms with Gasteiger partial charge in [0.05, 0.1) is 27.2 Å². The third-order valence-electron chi connectivity index (χ3n) is 9.43. The first-order valence-electron chi connectivity index (χ1n) is 16.3. The molecule has 7 nitrogen and oxygen atoms in total. The molecule has 254 valence electrons. The highest BCUT2D eigenvalue weighted by Crippen LogP contribution is 2.38. The number of amides is 1. The lowest BCUT2D eigenvalue weighted by atomic mass is 9.94. The predicted molar refractivity (Wildman–Crippen MR) is 188 cm³/mol. The van der Waals surface area contributed by atoms with Gasteiger partial charge in [-0.05, 0) is 97.0 Å². The van der Waals surface area contributed by atoms with Crippen LogP contribution in [0.3, 0.4) is 0 Å². The summed E-state index contributed by atoms with van der Waals surface area (Å²) in [4.78, 5) is 31.4. The smallest absolute Gasteiger partial charge is 0.335 e. The van der Waals surface area contributed by atoms with Crippen LogP contribution in [0.1, 0.15) is 77.3 Å². The zero-order chi connectivity index (χ0) is 33.4. The van der Waals surface area contributed by atoms with E-state index < -0.39 is 17.6 Å². The summed E-state index contributed by atoms with van der Waals surface area (Å²) in [6.07, 6.45) is 7.05. The van der Waals surface area contributed by atoms with E-state index in [9.17, 15) is 19.1 Å². The van der Waals surface area contributed by atoms with Crippen molar-refractivity contribution in [3.05, 3.63) is 106 Å². The number of aromatic carboxylic acids is 1. The molecule has 1 N–H and O–H groups in total.